The number of furan rings is 1. The van der Waals surface area contributed by atoms with Gasteiger partial charge in [0.2, 0.25) is 0 Å². The minimum Gasteiger partial charge on any atom is -0.459 e. The van der Waals surface area contributed by atoms with Crippen molar-refractivity contribution in [2.24, 2.45) is 0 Å². The van der Waals surface area contributed by atoms with Crippen LogP contribution in [0.1, 0.15) is 50.3 Å². The summed E-state index contributed by atoms with van der Waals surface area (Å²) < 4.78 is 11.0. The Bertz CT molecular complexity index is 1090. The van der Waals surface area contributed by atoms with Crippen molar-refractivity contribution in [1.82, 2.24) is 15.2 Å². The topological polar surface area (TPSA) is 88.6 Å². The predicted molar refractivity (Wildman–Crippen MR) is 111 cm³/mol. The molecule has 1 unspecified atom stereocenters. The van der Waals surface area contributed by atoms with Gasteiger partial charge in [-0.2, -0.15) is 0 Å². The Labute approximate surface area is 175 Å². The number of carbonyl (C=O) groups excluding carboxylic acids is 2. The third-order valence-corrected chi connectivity index (χ3v) is 5.54. The molecule has 1 aliphatic rings. The minimum atomic E-state index is -1.13. The van der Waals surface area contributed by atoms with Crippen molar-refractivity contribution in [2.45, 2.75) is 52.1 Å². The zero-order valence-corrected chi connectivity index (χ0v) is 17.8. The Hall–Kier alpha value is -3.35. The molecule has 0 aliphatic carbocycles. The fourth-order valence-electron chi connectivity index (χ4n) is 3.57. The summed E-state index contributed by atoms with van der Waals surface area (Å²) in [4.78, 5) is 31.5. The summed E-state index contributed by atoms with van der Waals surface area (Å²) in [5.41, 5.74) is 1.29. The highest BCUT2D eigenvalue weighted by atomic mass is 16.4. The summed E-state index contributed by atoms with van der Waals surface area (Å²) in [5.74, 6) is 1.02. The van der Waals surface area contributed by atoms with E-state index in [1.165, 1.54) is 11.2 Å². The maximum Gasteiger partial charge on any atom is 0.325 e. The van der Waals surface area contributed by atoms with Crippen molar-refractivity contribution in [3.05, 3.63) is 65.2 Å². The first-order chi connectivity index (χ1) is 14.1. The molecule has 7 nitrogen and oxygen atoms in total. The van der Waals surface area contributed by atoms with E-state index in [2.05, 4.69) is 31.1 Å². The Morgan fingerprint density at radius 2 is 1.83 bits per heavy atom. The molecule has 1 aromatic carbocycles. The van der Waals surface area contributed by atoms with Crippen LogP contribution >= 0.6 is 0 Å². The van der Waals surface area contributed by atoms with Crippen molar-refractivity contribution >= 4 is 11.9 Å². The molecule has 1 atom stereocenters. The fourth-order valence-corrected chi connectivity index (χ4v) is 3.57. The number of imide groups is 1. The third-order valence-electron chi connectivity index (χ3n) is 5.54. The molecule has 0 saturated carbocycles. The van der Waals surface area contributed by atoms with E-state index in [0.717, 1.165) is 11.1 Å². The van der Waals surface area contributed by atoms with Gasteiger partial charge in [0.15, 0.2) is 5.76 Å². The maximum absolute atomic E-state index is 13.2. The number of aryl methyl sites for hydroxylation is 1. The fraction of sp³-hybridized carbons (Fsp3) is 0.348. The van der Waals surface area contributed by atoms with Crippen LogP contribution in [0.5, 0.6) is 0 Å². The Balaban J connectivity index is 1.59. The van der Waals surface area contributed by atoms with Gasteiger partial charge in [-0.05, 0) is 42.5 Å². The van der Waals surface area contributed by atoms with Crippen LogP contribution in [-0.4, -0.2) is 21.8 Å². The van der Waals surface area contributed by atoms with E-state index in [9.17, 15) is 9.59 Å². The van der Waals surface area contributed by atoms with Gasteiger partial charge in [0.1, 0.15) is 17.0 Å². The quantitative estimate of drug-likeness (QED) is 0.643. The second-order valence-corrected chi connectivity index (χ2v) is 8.77. The molecule has 3 amide bonds. The smallest absolute Gasteiger partial charge is 0.325 e. The van der Waals surface area contributed by atoms with Gasteiger partial charge in [-0.1, -0.05) is 45.0 Å². The van der Waals surface area contributed by atoms with Gasteiger partial charge in [-0.15, -0.1) is 0 Å². The van der Waals surface area contributed by atoms with Crippen LogP contribution in [-0.2, 0) is 22.3 Å². The summed E-state index contributed by atoms with van der Waals surface area (Å²) in [5, 5.41) is 2.84. The number of rotatable bonds is 4. The Morgan fingerprint density at radius 1 is 1.13 bits per heavy atom. The molecular formula is C23H25N3O4. The van der Waals surface area contributed by atoms with Gasteiger partial charge < -0.3 is 14.2 Å². The molecule has 4 rings (SSSR count). The monoisotopic (exact) mass is 407 g/mol. The standard InChI is InChI=1S/C23H25N3O4/c1-14-17(24-19(30-14)18-7-6-12-29-18)13-26-20(27)23(5,25-21(26)28)16-10-8-15(9-11-16)22(2,3)4/h6-12H,13H2,1-5H3,(H,25,28). The number of amides is 3. The number of carbonyl (C=O) groups is 2. The van der Waals surface area contributed by atoms with Gasteiger partial charge in [0.05, 0.1) is 12.8 Å². The highest BCUT2D eigenvalue weighted by Crippen LogP contribution is 2.32. The van der Waals surface area contributed by atoms with Crippen LogP contribution in [0.15, 0.2) is 51.5 Å². The first-order valence-electron chi connectivity index (χ1n) is 9.85. The number of hydrogen-bond acceptors (Lipinski definition) is 5. The summed E-state index contributed by atoms with van der Waals surface area (Å²) in [6.07, 6.45) is 1.53. The van der Waals surface area contributed by atoms with Crippen molar-refractivity contribution in [1.29, 1.82) is 0 Å². The van der Waals surface area contributed by atoms with Crippen LogP contribution in [0.3, 0.4) is 0 Å². The van der Waals surface area contributed by atoms with E-state index < -0.39 is 11.6 Å². The summed E-state index contributed by atoms with van der Waals surface area (Å²) in [6, 6.07) is 10.8. The second kappa shape index (κ2) is 6.86. The molecule has 1 N–H and O–H groups in total. The van der Waals surface area contributed by atoms with Crippen molar-refractivity contribution < 1.29 is 18.4 Å². The van der Waals surface area contributed by atoms with E-state index >= 15 is 0 Å². The van der Waals surface area contributed by atoms with Gasteiger partial charge in [0, 0.05) is 0 Å². The lowest BCUT2D eigenvalue weighted by Crippen LogP contribution is -2.40. The number of urea groups is 1. The molecule has 0 radical (unpaired) electrons. The van der Waals surface area contributed by atoms with E-state index in [4.69, 9.17) is 8.83 Å². The number of benzene rings is 1. The number of nitrogens with one attached hydrogen (secondary N) is 1. The van der Waals surface area contributed by atoms with E-state index in [1.807, 2.05) is 24.3 Å². The predicted octanol–water partition coefficient (Wildman–Crippen LogP) is 4.51. The largest absolute Gasteiger partial charge is 0.459 e. The Morgan fingerprint density at radius 3 is 2.43 bits per heavy atom. The van der Waals surface area contributed by atoms with Gasteiger partial charge in [-0.3, -0.25) is 9.69 Å². The number of oxazole rings is 1. The van der Waals surface area contributed by atoms with Crippen LogP contribution in [0.2, 0.25) is 0 Å². The highest BCUT2D eigenvalue weighted by molar-refractivity contribution is 6.07. The summed E-state index contributed by atoms with van der Waals surface area (Å²) >= 11 is 0. The molecule has 0 spiro atoms. The van der Waals surface area contributed by atoms with Gasteiger partial charge in [-0.25, -0.2) is 9.78 Å². The summed E-state index contributed by atoms with van der Waals surface area (Å²) in [6.45, 7) is 9.89. The van der Waals surface area contributed by atoms with Crippen LogP contribution in [0.25, 0.3) is 11.7 Å². The summed E-state index contributed by atoms with van der Waals surface area (Å²) in [7, 11) is 0. The van der Waals surface area contributed by atoms with Crippen LogP contribution < -0.4 is 5.32 Å². The average molecular weight is 407 g/mol. The lowest BCUT2D eigenvalue weighted by atomic mass is 9.84. The number of nitrogens with zero attached hydrogens (tertiary/aromatic N) is 2. The van der Waals surface area contributed by atoms with Gasteiger partial charge >= 0.3 is 6.03 Å². The molecule has 1 saturated heterocycles. The number of hydrogen-bond donors (Lipinski definition) is 1. The molecule has 1 aliphatic heterocycles. The second-order valence-electron chi connectivity index (χ2n) is 8.77. The average Bonchev–Trinajstić information content (AvgIpc) is 3.38. The van der Waals surface area contributed by atoms with Crippen LogP contribution in [0, 0.1) is 6.92 Å². The maximum atomic E-state index is 13.2. The molecule has 3 heterocycles. The van der Waals surface area contributed by atoms with Crippen molar-refractivity contribution in [3.8, 4) is 11.7 Å². The van der Waals surface area contributed by atoms with E-state index in [1.54, 1.807) is 26.0 Å². The molecule has 7 heteroatoms. The normalized spacial score (nSPS) is 19.4. The molecule has 2 aromatic heterocycles. The molecule has 30 heavy (non-hydrogen) atoms. The first-order valence-corrected chi connectivity index (χ1v) is 9.85. The third kappa shape index (κ3) is 3.30. The first kappa shape index (κ1) is 19.9. The highest BCUT2D eigenvalue weighted by Gasteiger charge is 2.49. The van der Waals surface area contributed by atoms with E-state index in [0.29, 0.717) is 23.1 Å². The number of aromatic nitrogens is 1. The molecule has 0 bridgehead atoms. The molecule has 156 valence electrons. The van der Waals surface area contributed by atoms with Crippen LogP contribution in [0.4, 0.5) is 4.79 Å². The zero-order valence-electron chi connectivity index (χ0n) is 17.8. The molecule has 3 aromatic rings. The lowest BCUT2D eigenvalue weighted by Gasteiger charge is -2.24. The lowest BCUT2D eigenvalue weighted by molar-refractivity contribution is -0.131. The Kier molecular flexibility index (Phi) is 4.56. The minimum absolute atomic E-state index is 0.00455. The van der Waals surface area contributed by atoms with E-state index in [-0.39, 0.29) is 17.9 Å². The van der Waals surface area contributed by atoms with Gasteiger partial charge in [0.25, 0.3) is 11.8 Å². The molecular weight excluding hydrogens is 382 g/mol. The zero-order chi connectivity index (χ0) is 21.7. The SMILES string of the molecule is Cc1oc(-c2ccco2)nc1CN1C(=O)NC(C)(c2ccc(C(C)(C)C)cc2)C1=O. The van der Waals surface area contributed by atoms with Crippen molar-refractivity contribution in [3.63, 3.8) is 0 Å². The van der Waals surface area contributed by atoms with Crippen molar-refractivity contribution in [2.75, 3.05) is 0 Å². The molecule has 1 fully saturated rings.